The number of nitrogens with zero attached hydrogens (tertiary/aromatic N) is 1. The normalized spacial score (nSPS) is 19.9. The zero-order valence-corrected chi connectivity index (χ0v) is 14.5. The number of thiophene rings is 1. The molecule has 2 rings (SSSR count). The summed E-state index contributed by atoms with van der Waals surface area (Å²) >= 11 is 1.10. The summed E-state index contributed by atoms with van der Waals surface area (Å²) in [5.41, 5.74) is 0.585. The van der Waals surface area contributed by atoms with Crippen LogP contribution in [-0.4, -0.2) is 51.5 Å². The highest BCUT2D eigenvalue weighted by molar-refractivity contribution is 7.89. The SMILES string of the molecule is COC(=O)c1scc(C)c1S(=O)(=O)N1CCN[C@@H](C)C1.Cl. The highest BCUT2D eigenvalue weighted by Crippen LogP contribution is 2.30. The minimum absolute atomic E-state index is 0. The highest BCUT2D eigenvalue weighted by atomic mass is 35.5. The van der Waals surface area contributed by atoms with E-state index in [1.165, 1.54) is 11.4 Å². The first-order valence-electron chi connectivity index (χ1n) is 6.28. The van der Waals surface area contributed by atoms with Crippen molar-refractivity contribution in [1.82, 2.24) is 9.62 Å². The molecule has 1 fully saturated rings. The molecule has 1 saturated heterocycles. The highest BCUT2D eigenvalue weighted by Gasteiger charge is 2.34. The first-order chi connectivity index (χ1) is 9.37. The Hall–Kier alpha value is -0.670. The van der Waals surface area contributed by atoms with E-state index in [4.69, 9.17) is 0 Å². The number of hydrogen-bond donors (Lipinski definition) is 1. The third kappa shape index (κ3) is 3.57. The van der Waals surface area contributed by atoms with Gasteiger partial charge in [-0.2, -0.15) is 4.31 Å². The number of sulfonamides is 1. The van der Waals surface area contributed by atoms with Crippen LogP contribution in [-0.2, 0) is 14.8 Å². The van der Waals surface area contributed by atoms with Crippen molar-refractivity contribution in [1.29, 1.82) is 0 Å². The van der Waals surface area contributed by atoms with Crippen LogP contribution in [0.3, 0.4) is 0 Å². The van der Waals surface area contributed by atoms with Gasteiger partial charge in [0.1, 0.15) is 9.77 Å². The van der Waals surface area contributed by atoms with E-state index in [9.17, 15) is 13.2 Å². The second kappa shape index (κ2) is 7.06. The van der Waals surface area contributed by atoms with Gasteiger partial charge in [0.25, 0.3) is 0 Å². The van der Waals surface area contributed by atoms with Crippen LogP contribution >= 0.6 is 23.7 Å². The van der Waals surface area contributed by atoms with E-state index in [1.807, 2.05) is 6.92 Å². The topological polar surface area (TPSA) is 75.7 Å². The number of hydrogen-bond acceptors (Lipinski definition) is 6. The molecule has 0 unspecified atom stereocenters. The van der Waals surface area contributed by atoms with Gasteiger partial charge in [-0.25, -0.2) is 13.2 Å². The summed E-state index contributed by atoms with van der Waals surface area (Å²) in [6.45, 7) is 5.04. The van der Waals surface area contributed by atoms with E-state index < -0.39 is 16.0 Å². The minimum Gasteiger partial charge on any atom is -0.465 e. The number of carbonyl (C=O) groups excluding carboxylic acids is 1. The van der Waals surface area contributed by atoms with Crippen LogP contribution in [0.5, 0.6) is 0 Å². The molecule has 1 aromatic rings. The number of nitrogens with one attached hydrogen (secondary N) is 1. The minimum atomic E-state index is -3.67. The van der Waals surface area contributed by atoms with Gasteiger partial charge < -0.3 is 10.1 Å². The lowest BCUT2D eigenvalue weighted by Gasteiger charge is -2.31. The predicted molar refractivity (Wildman–Crippen MR) is 83.9 cm³/mol. The Labute approximate surface area is 134 Å². The average molecular weight is 355 g/mol. The summed E-state index contributed by atoms with van der Waals surface area (Å²) in [6.07, 6.45) is 0. The summed E-state index contributed by atoms with van der Waals surface area (Å²) in [6, 6.07) is 0.0963. The van der Waals surface area contributed by atoms with Crippen molar-refractivity contribution in [2.24, 2.45) is 0 Å². The maximum absolute atomic E-state index is 12.8. The maximum Gasteiger partial charge on any atom is 0.349 e. The smallest absolute Gasteiger partial charge is 0.349 e. The second-order valence-electron chi connectivity index (χ2n) is 4.79. The molecule has 2 heterocycles. The number of piperazine rings is 1. The third-order valence-corrected chi connectivity index (χ3v) is 6.48. The Kier molecular flexibility index (Phi) is 6.18. The molecule has 0 saturated carbocycles. The van der Waals surface area contributed by atoms with Crippen molar-refractivity contribution in [3.63, 3.8) is 0 Å². The molecular formula is C12H19ClN2O4S2. The first-order valence-corrected chi connectivity index (χ1v) is 8.60. The Morgan fingerprint density at radius 2 is 2.19 bits per heavy atom. The molecule has 0 radical (unpaired) electrons. The summed E-state index contributed by atoms with van der Waals surface area (Å²) in [5, 5.41) is 4.87. The lowest BCUT2D eigenvalue weighted by Crippen LogP contribution is -2.51. The summed E-state index contributed by atoms with van der Waals surface area (Å²) in [7, 11) is -2.41. The van der Waals surface area contributed by atoms with Gasteiger partial charge >= 0.3 is 5.97 Å². The van der Waals surface area contributed by atoms with Crippen LogP contribution in [0.15, 0.2) is 10.3 Å². The fourth-order valence-corrected chi connectivity index (χ4v) is 5.42. The van der Waals surface area contributed by atoms with Crippen molar-refractivity contribution in [2.75, 3.05) is 26.7 Å². The molecule has 1 aliphatic rings. The fourth-order valence-electron chi connectivity index (χ4n) is 2.23. The fraction of sp³-hybridized carbons (Fsp3) is 0.583. The zero-order chi connectivity index (χ0) is 14.9. The monoisotopic (exact) mass is 354 g/mol. The average Bonchev–Trinajstić information content (AvgIpc) is 2.80. The molecular weight excluding hydrogens is 336 g/mol. The number of esters is 1. The van der Waals surface area contributed by atoms with Crippen LogP contribution in [0.1, 0.15) is 22.2 Å². The molecule has 0 amide bonds. The summed E-state index contributed by atoms with van der Waals surface area (Å²) in [4.78, 5) is 12.0. The number of methoxy groups -OCH3 is 1. The molecule has 0 aromatic carbocycles. The first kappa shape index (κ1) is 18.4. The molecule has 1 aromatic heterocycles. The van der Waals surface area contributed by atoms with Gasteiger partial charge in [0.05, 0.1) is 7.11 Å². The van der Waals surface area contributed by atoms with E-state index in [0.717, 1.165) is 11.3 Å². The van der Waals surface area contributed by atoms with Crippen LogP contribution < -0.4 is 5.32 Å². The zero-order valence-electron chi connectivity index (χ0n) is 12.1. The van der Waals surface area contributed by atoms with Crippen LogP contribution in [0.4, 0.5) is 0 Å². The predicted octanol–water partition coefficient (Wildman–Crippen LogP) is 1.25. The molecule has 6 nitrogen and oxygen atoms in total. The van der Waals surface area contributed by atoms with E-state index >= 15 is 0 Å². The molecule has 1 aliphatic heterocycles. The molecule has 21 heavy (non-hydrogen) atoms. The largest absolute Gasteiger partial charge is 0.465 e. The van der Waals surface area contributed by atoms with E-state index in [0.29, 0.717) is 25.2 Å². The van der Waals surface area contributed by atoms with Gasteiger partial charge in [0.15, 0.2) is 0 Å². The molecule has 9 heteroatoms. The van der Waals surface area contributed by atoms with Crippen molar-refractivity contribution in [3.05, 3.63) is 15.8 Å². The molecule has 0 spiro atoms. The van der Waals surface area contributed by atoms with E-state index in [-0.39, 0.29) is 28.2 Å². The van der Waals surface area contributed by atoms with Crippen molar-refractivity contribution in [3.8, 4) is 0 Å². The van der Waals surface area contributed by atoms with E-state index in [2.05, 4.69) is 10.1 Å². The lowest BCUT2D eigenvalue weighted by atomic mass is 10.3. The number of ether oxygens (including phenoxy) is 1. The lowest BCUT2D eigenvalue weighted by molar-refractivity contribution is 0.0602. The molecule has 1 atom stereocenters. The van der Waals surface area contributed by atoms with Crippen molar-refractivity contribution in [2.45, 2.75) is 24.8 Å². The molecule has 1 N–H and O–H groups in total. The maximum atomic E-state index is 12.8. The molecule has 0 aliphatic carbocycles. The number of halogens is 1. The van der Waals surface area contributed by atoms with Gasteiger partial charge in [-0.15, -0.1) is 23.7 Å². The quantitative estimate of drug-likeness (QED) is 0.827. The molecule has 120 valence electrons. The van der Waals surface area contributed by atoms with Gasteiger partial charge in [-0.3, -0.25) is 0 Å². The third-order valence-electron chi connectivity index (χ3n) is 3.22. The second-order valence-corrected chi connectivity index (χ2v) is 7.54. The number of carbonyl (C=O) groups is 1. The molecule has 0 bridgehead atoms. The summed E-state index contributed by atoms with van der Waals surface area (Å²) < 4.78 is 31.6. The Morgan fingerprint density at radius 3 is 2.76 bits per heavy atom. The van der Waals surface area contributed by atoms with Gasteiger partial charge in [-0.1, -0.05) is 0 Å². The standard InChI is InChI=1S/C12H18N2O4S2.ClH/c1-8-7-19-10(12(15)18-3)11(8)20(16,17)14-5-4-13-9(2)6-14;/h7,9,13H,4-6H2,1-3H3;1H/t9-;/m0./s1. The summed E-state index contributed by atoms with van der Waals surface area (Å²) in [5.74, 6) is -0.607. The Bertz CT molecular complexity index is 615. The van der Waals surface area contributed by atoms with Gasteiger partial charge in [-0.05, 0) is 24.8 Å². The van der Waals surface area contributed by atoms with Crippen LogP contribution in [0, 0.1) is 6.92 Å². The van der Waals surface area contributed by atoms with Crippen molar-refractivity contribution >= 4 is 39.7 Å². The van der Waals surface area contributed by atoms with Crippen LogP contribution in [0.25, 0.3) is 0 Å². The Morgan fingerprint density at radius 1 is 1.52 bits per heavy atom. The van der Waals surface area contributed by atoms with E-state index in [1.54, 1.807) is 12.3 Å². The van der Waals surface area contributed by atoms with Gasteiger partial charge in [0, 0.05) is 25.7 Å². The van der Waals surface area contributed by atoms with Gasteiger partial charge in [0.2, 0.25) is 10.0 Å². The number of rotatable bonds is 3. The number of aryl methyl sites for hydroxylation is 1. The van der Waals surface area contributed by atoms with Crippen molar-refractivity contribution < 1.29 is 17.9 Å². The van der Waals surface area contributed by atoms with Crippen LogP contribution in [0.2, 0.25) is 0 Å². The Balaban J connectivity index is 0.00000220.